The lowest BCUT2D eigenvalue weighted by atomic mass is 9.95. The molecule has 0 saturated heterocycles. The van der Waals surface area contributed by atoms with Gasteiger partial charge in [-0.05, 0) is 52.7 Å². The summed E-state index contributed by atoms with van der Waals surface area (Å²) in [6.07, 6.45) is 0.574. The van der Waals surface area contributed by atoms with Crippen LogP contribution in [0, 0.1) is 0 Å². The summed E-state index contributed by atoms with van der Waals surface area (Å²) in [5.41, 5.74) is 4.50. The van der Waals surface area contributed by atoms with E-state index in [0.717, 1.165) is 38.0 Å². The van der Waals surface area contributed by atoms with E-state index in [-0.39, 0.29) is 12.3 Å². The predicted octanol–water partition coefficient (Wildman–Crippen LogP) is 7.61. The van der Waals surface area contributed by atoms with Crippen LogP contribution in [-0.4, -0.2) is 10.7 Å². The Labute approximate surface area is 197 Å². The Morgan fingerprint density at radius 1 is 0.806 bits per heavy atom. The molecule has 0 saturated carbocycles. The molecule has 0 aromatic heterocycles. The number of hydrogen-bond acceptors (Lipinski definition) is 3. The molecule has 0 fully saturated rings. The van der Waals surface area contributed by atoms with E-state index in [1.54, 1.807) is 0 Å². The molecule has 5 heteroatoms. The van der Waals surface area contributed by atoms with Crippen LogP contribution in [0.1, 0.15) is 35.4 Å². The van der Waals surface area contributed by atoms with Gasteiger partial charge in [0.05, 0.1) is 11.8 Å². The maximum Gasteiger partial charge on any atom is 0.213 e. The quantitative estimate of drug-likeness (QED) is 0.265. The number of ether oxygens (including phenoxy) is 1. The van der Waals surface area contributed by atoms with Gasteiger partial charge in [0.25, 0.3) is 0 Å². The molecule has 0 N–H and O–H groups in total. The second kappa shape index (κ2) is 7.50. The molecule has 0 aliphatic carbocycles. The molecule has 2 heterocycles. The van der Waals surface area contributed by atoms with Crippen molar-refractivity contribution in [1.82, 2.24) is 5.01 Å². The first-order valence-electron chi connectivity index (χ1n) is 10.2. The fourth-order valence-corrected chi connectivity index (χ4v) is 5.28. The summed E-state index contributed by atoms with van der Waals surface area (Å²) in [5, 5.41) is 9.70. The van der Waals surface area contributed by atoms with Gasteiger partial charge < -0.3 is 4.74 Å². The zero-order chi connectivity index (χ0) is 20.9. The van der Waals surface area contributed by atoms with Crippen molar-refractivity contribution in [2.75, 3.05) is 0 Å². The molecule has 6 rings (SSSR count). The number of hydrogen-bond donors (Lipinski definition) is 0. The fourth-order valence-electron chi connectivity index (χ4n) is 4.48. The van der Waals surface area contributed by atoms with Crippen LogP contribution in [0.5, 0.6) is 5.75 Å². The van der Waals surface area contributed by atoms with Crippen LogP contribution >= 0.6 is 31.9 Å². The molecule has 2 atom stereocenters. The lowest BCUT2D eigenvalue weighted by Crippen LogP contribution is -2.33. The third kappa shape index (κ3) is 3.36. The zero-order valence-electron chi connectivity index (χ0n) is 16.5. The average Bonchev–Trinajstić information content (AvgIpc) is 3.24. The van der Waals surface area contributed by atoms with Crippen LogP contribution < -0.4 is 4.74 Å². The molecule has 3 nitrogen and oxygen atoms in total. The van der Waals surface area contributed by atoms with Crippen molar-refractivity contribution >= 4 is 48.3 Å². The van der Waals surface area contributed by atoms with Gasteiger partial charge in [-0.25, -0.2) is 5.01 Å². The first kappa shape index (κ1) is 19.1. The molecule has 4 aromatic carbocycles. The maximum atomic E-state index is 6.47. The number of hydrazone groups is 1. The number of rotatable bonds is 2. The summed E-state index contributed by atoms with van der Waals surface area (Å²) in [6, 6.07) is 29.7. The van der Waals surface area contributed by atoms with E-state index in [2.05, 4.69) is 104 Å². The second-order valence-electron chi connectivity index (χ2n) is 7.92. The van der Waals surface area contributed by atoms with Crippen LogP contribution in [0.4, 0.5) is 0 Å². The minimum atomic E-state index is -0.269. The zero-order valence-corrected chi connectivity index (χ0v) is 19.7. The van der Waals surface area contributed by atoms with Crippen LogP contribution in [0.15, 0.2) is 99.0 Å². The van der Waals surface area contributed by atoms with Crippen LogP contribution in [0.2, 0.25) is 0 Å². The molecule has 0 spiro atoms. The Morgan fingerprint density at radius 2 is 1.65 bits per heavy atom. The van der Waals surface area contributed by atoms with Crippen LogP contribution in [-0.2, 0) is 0 Å². The third-order valence-corrected chi connectivity index (χ3v) is 6.95. The van der Waals surface area contributed by atoms with Crippen molar-refractivity contribution in [2.24, 2.45) is 5.10 Å². The minimum absolute atomic E-state index is 0.131. The van der Waals surface area contributed by atoms with Gasteiger partial charge in [0, 0.05) is 26.5 Å². The molecule has 4 aromatic rings. The van der Waals surface area contributed by atoms with Crippen molar-refractivity contribution < 1.29 is 4.74 Å². The highest BCUT2D eigenvalue weighted by Gasteiger charge is 2.41. The number of fused-ring (bicyclic) bond motifs is 4. The number of halogens is 2. The first-order valence-corrected chi connectivity index (χ1v) is 11.8. The van der Waals surface area contributed by atoms with Crippen molar-refractivity contribution in [1.29, 1.82) is 0 Å². The van der Waals surface area contributed by atoms with Crippen molar-refractivity contribution in [3.63, 3.8) is 0 Å². The lowest BCUT2D eigenvalue weighted by molar-refractivity contribution is -0.0191. The van der Waals surface area contributed by atoms with Crippen molar-refractivity contribution in [3.8, 4) is 5.75 Å². The monoisotopic (exact) mass is 532 g/mol. The fraction of sp³-hybridized carbons (Fsp3) is 0.115. The molecule has 0 unspecified atom stereocenters. The third-order valence-electron chi connectivity index (χ3n) is 5.97. The van der Waals surface area contributed by atoms with Gasteiger partial charge in [-0.15, -0.1) is 0 Å². The van der Waals surface area contributed by atoms with Crippen molar-refractivity contribution in [2.45, 2.75) is 18.7 Å². The summed E-state index contributed by atoms with van der Waals surface area (Å²) >= 11 is 7.22. The van der Waals surface area contributed by atoms with E-state index >= 15 is 0 Å². The van der Waals surface area contributed by atoms with Gasteiger partial charge >= 0.3 is 0 Å². The predicted molar refractivity (Wildman–Crippen MR) is 131 cm³/mol. The van der Waals surface area contributed by atoms with E-state index in [4.69, 9.17) is 9.84 Å². The molecular weight excluding hydrogens is 516 g/mol. The minimum Gasteiger partial charge on any atom is -0.464 e. The van der Waals surface area contributed by atoms with Gasteiger partial charge in [0.15, 0.2) is 0 Å². The Balaban J connectivity index is 1.46. The summed E-state index contributed by atoms with van der Waals surface area (Å²) in [5.74, 6) is 0.921. The summed E-state index contributed by atoms with van der Waals surface area (Å²) in [7, 11) is 0. The molecule has 2 aliphatic rings. The molecular formula is C26H18Br2N2O. The Hall–Kier alpha value is -2.63. The summed E-state index contributed by atoms with van der Waals surface area (Å²) < 4.78 is 8.56. The maximum absolute atomic E-state index is 6.47. The normalized spacial score (nSPS) is 19.5. The molecule has 31 heavy (non-hydrogen) atoms. The van der Waals surface area contributed by atoms with E-state index in [1.807, 2.05) is 18.2 Å². The SMILES string of the molecule is Brc1cccc([C@@H]2Oc3ccc(Br)cc3[C@@H]3CC(c4ccc5ccccc5c4)=NN32)c1. The number of benzene rings is 4. The molecule has 0 bridgehead atoms. The molecule has 0 radical (unpaired) electrons. The Bertz CT molecular complexity index is 1350. The summed E-state index contributed by atoms with van der Waals surface area (Å²) in [4.78, 5) is 0. The van der Waals surface area contributed by atoms with E-state index in [0.29, 0.717) is 0 Å². The van der Waals surface area contributed by atoms with Gasteiger partial charge in [0.2, 0.25) is 6.23 Å². The van der Waals surface area contributed by atoms with Crippen LogP contribution in [0.3, 0.4) is 0 Å². The number of nitrogens with zero attached hydrogens (tertiary/aromatic N) is 2. The molecule has 152 valence electrons. The average molecular weight is 534 g/mol. The van der Waals surface area contributed by atoms with E-state index in [9.17, 15) is 0 Å². The summed E-state index contributed by atoms with van der Waals surface area (Å²) in [6.45, 7) is 0. The Morgan fingerprint density at radius 3 is 2.52 bits per heavy atom. The first-order chi connectivity index (χ1) is 15.2. The Kier molecular flexibility index (Phi) is 4.62. The van der Waals surface area contributed by atoms with Gasteiger partial charge in [-0.3, -0.25) is 0 Å². The lowest BCUT2D eigenvalue weighted by Gasteiger charge is -2.38. The highest BCUT2D eigenvalue weighted by Crippen LogP contribution is 2.48. The molecule has 0 amide bonds. The van der Waals surface area contributed by atoms with Crippen LogP contribution in [0.25, 0.3) is 10.8 Å². The topological polar surface area (TPSA) is 24.8 Å². The molecule has 2 aliphatic heterocycles. The smallest absolute Gasteiger partial charge is 0.213 e. The van der Waals surface area contributed by atoms with E-state index in [1.165, 1.54) is 16.3 Å². The highest BCUT2D eigenvalue weighted by atomic mass is 79.9. The second-order valence-corrected chi connectivity index (χ2v) is 9.75. The van der Waals surface area contributed by atoms with Gasteiger partial charge in [-0.2, -0.15) is 5.10 Å². The van der Waals surface area contributed by atoms with Gasteiger partial charge in [0.1, 0.15) is 5.75 Å². The largest absolute Gasteiger partial charge is 0.464 e. The van der Waals surface area contributed by atoms with E-state index < -0.39 is 0 Å². The highest BCUT2D eigenvalue weighted by molar-refractivity contribution is 9.10. The van der Waals surface area contributed by atoms with Gasteiger partial charge in [-0.1, -0.05) is 80.4 Å². The standard InChI is InChI=1S/C26H18Br2N2O/c27-20-7-3-6-19(13-20)26-30-24(22-14-21(28)10-11-25(22)31-26)15-23(29-30)18-9-8-16-4-1-2-5-17(16)12-18/h1-14,24,26H,15H2/t24-,26-/m0/s1. The van der Waals surface area contributed by atoms with Crippen molar-refractivity contribution in [3.05, 3.63) is 111 Å².